The summed E-state index contributed by atoms with van der Waals surface area (Å²) < 4.78 is 2.67. The Morgan fingerprint density at radius 2 is 2.07 bits per heavy atom. The minimum absolute atomic E-state index is 0.166. The van der Waals surface area contributed by atoms with E-state index in [2.05, 4.69) is 31.9 Å². The van der Waals surface area contributed by atoms with Crippen molar-refractivity contribution in [1.29, 1.82) is 0 Å². The normalized spacial score (nSPS) is 10.7. The smallest absolute Gasteiger partial charge is 0.258 e. The summed E-state index contributed by atoms with van der Waals surface area (Å²) in [6, 6.07) is 5.31. The molecular weight excluding hydrogens is 334 g/mol. The fourth-order valence-electron chi connectivity index (χ4n) is 1.13. The second-order valence-electron chi connectivity index (χ2n) is 2.61. The third-order valence-electron chi connectivity index (χ3n) is 1.75. The van der Waals surface area contributed by atoms with Gasteiger partial charge in [-0.25, -0.2) is 0 Å². The van der Waals surface area contributed by atoms with Crippen molar-refractivity contribution >= 4 is 58.3 Å². The van der Waals surface area contributed by atoms with Gasteiger partial charge in [0, 0.05) is 25.1 Å². The molecule has 0 bridgehead atoms. The lowest BCUT2D eigenvalue weighted by Crippen LogP contribution is -1.80. The van der Waals surface area contributed by atoms with Crippen molar-refractivity contribution in [3.05, 3.63) is 37.3 Å². The van der Waals surface area contributed by atoms with Gasteiger partial charge in [-0.3, -0.25) is 10.1 Å². The van der Waals surface area contributed by atoms with Crippen LogP contribution < -0.4 is 0 Å². The molecule has 72 valence electrons. The number of rotatable bonds is 1. The average Bonchev–Trinajstić information content (AvgIpc) is 2.56. The number of fused-ring (bicyclic) bond motifs is 1. The summed E-state index contributed by atoms with van der Waals surface area (Å²) in [6.45, 7) is 0. The molecule has 2 aromatic rings. The molecular formula is C8H3Br2NO2S. The molecule has 1 aromatic carbocycles. The number of nitro groups is 1. The Morgan fingerprint density at radius 1 is 1.36 bits per heavy atom. The van der Waals surface area contributed by atoms with Gasteiger partial charge >= 0.3 is 5.00 Å². The molecule has 14 heavy (non-hydrogen) atoms. The van der Waals surface area contributed by atoms with E-state index >= 15 is 0 Å². The first-order valence-electron chi connectivity index (χ1n) is 3.61. The van der Waals surface area contributed by atoms with E-state index in [1.165, 1.54) is 11.3 Å². The van der Waals surface area contributed by atoms with E-state index in [4.69, 9.17) is 0 Å². The molecule has 0 aliphatic heterocycles. The first kappa shape index (κ1) is 10.1. The lowest BCUT2D eigenvalue weighted by Gasteiger charge is -1.95. The molecule has 0 aliphatic carbocycles. The van der Waals surface area contributed by atoms with Crippen LogP contribution in [0.3, 0.4) is 0 Å². The van der Waals surface area contributed by atoms with Crippen molar-refractivity contribution in [3.63, 3.8) is 0 Å². The molecule has 0 radical (unpaired) electrons. The van der Waals surface area contributed by atoms with Gasteiger partial charge in [-0.05, 0) is 44.0 Å². The van der Waals surface area contributed by atoms with Crippen molar-refractivity contribution in [1.82, 2.24) is 0 Å². The third kappa shape index (κ3) is 1.57. The Balaban J connectivity index is 2.77. The third-order valence-corrected chi connectivity index (χ3v) is 4.85. The van der Waals surface area contributed by atoms with E-state index in [9.17, 15) is 10.1 Å². The summed E-state index contributed by atoms with van der Waals surface area (Å²) in [5.74, 6) is 0. The highest BCUT2D eigenvalue weighted by Gasteiger charge is 2.13. The Kier molecular flexibility index (Phi) is 2.59. The van der Waals surface area contributed by atoms with Gasteiger partial charge in [-0.2, -0.15) is 0 Å². The Labute approximate surface area is 100 Å². The zero-order valence-electron chi connectivity index (χ0n) is 6.66. The molecule has 0 spiro atoms. The number of halogens is 2. The highest BCUT2D eigenvalue weighted by molar-refractivity contribution is 9.13. The van der Waals surface area contributed by atoms with Gasteiger partial charge in [-0.1, -0.05) is 11.3 Å². The van der Waals surface area contributed by atoms with Crippen LogP contribution in [-0.4, -0.2) is 4.92 Å². The largest absolute Gasteiger partial charge is 0.325 e. The van der Waals surface area contributed by atoms with Crippen molar-refractivity contribution in [3.8, 4) is 0 Å². The minimum atomic E-state index is -0.370. The van der Waals surface area contributed by atoms with Crippen LogP contribution in [-0.2, 0) is 0 Å². The molecule has 6 heteroatoms. The van der Waals surface area contributed by atoms with E-state index < -0.39 is 0 Å². The van der Waals surface area contributed by atoms with Crippen LogP contribution in [0.2, 0.25) is 0 Å². The molecule has 0 fully saturated rings. The Morgan fingerprint density at radius 3 is 2.71 bits per heavy atom. The summed E-state index contributed by atoms with van der Waals surface area (Å²) in [4.78, 5) is 10.2. The lowest BCUT2D eigenvalue weighted by molar-refractivity contribution is -0.380. The van der Waals surface area contributed by atoms with Crippen LogP contribution in [0.5, 0.6) is 0 Å². The molecule has 0 saturated carbocycles. The summed E-state index contributed by atoms with van der Waals surface area (Å²) in [7, 11) is 0. The quantitative estimate of drug-likeness (QED) is 0.574. The van der Waals surface area contributed by atoms with Crippen LogP contribution >= 0.6 is 43.2 Å². The number of hydrogen-bond acceptors (Lipinski definition) is 3. The van der Waals surface area contributed by atoms with E-state index in [1.54, 1.807) is 6.07 Å². The Bertz CT molecular complexity index is 523. The van der Waals surface area contributed by atoms with Crippen LogP contribution in [0, 0.1) is 10.1 Å². The van der Waals surface area contributed by atoms with E-state index in [0.29, 0.717) is 0 Å². The van der Waals surface area contributed by atoms with Crippen LogP contribution in [0.25, 0.3) is 10.1 Å². The van der Waals surface area contributed by atoms with E-state index in [1.807, 2.05) is 12.1 Å². The zero-order valence-corrected chi connectivity index (χ0v) is 10.6. The molecule has 0 aliphatic rings. The van der Waals surface area contributed by atoms with Crippen LogP contribution in [0.1, 0.15) is 0 Å². The van der Waals surface area contributed by atoms with Gasteiger partial charge < -0.3 is 0 Å². The number of nitrogens with zero attached hydrogens (tertiary/aromatic N) is 1. The maximum Gasteiger partial charge on any atom is 0.325 e. The summed E-state index contributed by atoms with van der Waals surface area (Å²) in [5, 5.41) is 11.6. The van der Waals surface area contributed by atoms with Crippen molar-refractivity contribution in [2.75, 3.05) is 0 Å². The summed E-state index contributed by atoms with van der Waals surface area (Å²) in [6.07, 6.45) is 0. The second-order valence-corrected chi connectivity index (χ2v) is 5.32. The molecule has 0 atom stereocenters. The maximum absolute atomic E-state index is 10.6. The Hall–Kier alpha value is -0.460. The summed E-state index contributed by atoms with van der Waals surface area (Å²) in [5.41, 5.74) is 0. The molecule has 0 unspecified atom stereocenters. The average molecular weight is 337 g/mol. The molecule has 2 rings (SSSR count). The topological polar surface area (TPSA) is 43.1 Å². The molecule has 0 N–H and O–H groups in total. The van der Waals surface area contributed by atoms with Crippen molar-refractivity contribution in [2.24, 2.45) is 0 Å². The van der Waals surface area contributed by atoms with Gasteiger partial charge in [0.05, 0.1) is 4.92 Å². The van der Waals surface area contributed by atoms with Gasteiger partial charge in [0.2, 0.25) is 0 Å². The molecule has 0 amide bonds. The van der Waals surface area contributed by atoms with Gasteiger partial charge in [-0.15, -0.1) is 0 Å². The standard InChI is InChI=1S/C8H3Br2NO2S/c9-5-1-2-6-4(8(5)10)3-7(14-6)11(12)13/h1-3H. The molecule has 0 saturated heterocycles. The fraction of sp³-hybridized carbons (Fsp3) is 0. The SMILES string of the molecule is O=[N+]([O-])c1cc2c(Br)c(Br)ccc2s1. The molecule has 1 aromatic heterocycles. The first-order valence-corrected chi connectivity index (χ1v) is 6.02. The molecule has 1 heterocycles. The number of hydrogen-bond donors (Lipinski definition) is 0. The highest BCUT2D eigenvalue weighted by Crippen LogP contribution is 2.38. The van der Waals surface area contributed by atoms with Crippen LogP contribution in [0.15, 0.2) is 27.1 Å². The van der Waals surface area contributed by atoms with Crippen molar-refractivity contribution in [2.45, 2.75) is 0 Å². The lowest BCUT2D eigenvalue weighted by atomic mass is 10.3. The van der Waals surface area contributed by atoms with Gasteiger partial charge in [0.25, 0.3) is 0 Å². The predicted molar refractivity (Wildman–Crippen MR) is 63.9 cm³/mol. The van der Waals surface area contributed by atoms with E-state index in [0.717, 1.165) is 19.0 Å². The zero-order chi connectivity index (χ0) is 10.3. The van der Waals surface area contributed by atoms with E-state index in [-0.39, 0.29) is 9.92 Å². The summed E-state index contributed by atoms with van der Waals surface area (Å²) >= 11 is 7.91. The van der Waals surface area contributed by atoms with Gasteiger partial charge in [0.15, 0.2) is 0 Å². The second kappa shape index (κ2) is 3.60. The predicted octanol–water partition coefficient (Wildman–Crippen LogP) is 4.33. The van der Waals surface area contributed by atoms with Crippen LogP contribution in [0.4, 0.5) is 5.00 Å². The molecule has 3 nitrogen and oxygen atoms in total. The minimum Gasteiger partial charge on any atom is -0.258 e. The maximum atomic E-state index is 10.6. The number of thiophene rings is 1. The highest BCUT2D eigenvalue weighted by atomic mass is 79.9. The fourth-order valence-corrected chi connectivity index (χ4v) is 2.95. The monoisotopic (exact) mass is 335 g/mol. The van der Waals surface area contributed by atoms with Gasteiger partial charge in [0.1, 0.15) is 0 Å². The number of benzene rings is 1. The van der Waals surface area contributed by atoms with Crippen molar-refractivity contribution < 1.29 is 4.92 Å². The first-order chi connectivity index (χ1) is 6.59.